The van der Waals surface area contributed by atoms with Gasteiger partial charge >= 0.3 is 0 Å². The number of aromatic nitrogens is 1. The maximum Gasteiger partial charge on any atom is 0.220 e. The summed E-state index contributed by atoms with van der Waals surface area (Å²) in [6.45, 7) is 6.88. The highest BCUT2D eigenvalue weighted by Gasteiger charge is 2.17. The molecule has 2 rings (SSSR count). The SMILES string of the molecule is CCNC(=NCCc1csc(C)n1)NCCNC(=O)CC1CCCC1. The monoisotopic (exact) mass is 365 g/mol. The van der Waals surface area contributed by atoms with Gasteiger partial charge in [0, 0.05) is 44.4 Å². The van der Waals surface area contributed by atoms with Crippen LogP contribution in [0.25, 0.3) is 0 Å². The molecule has 140 valence electrons. The van der Waals surface area contributed by atoms with Crippen LogP contribution in [0.15, 0.2) is 10.4 Å². The van der Waals surface area contributed by atoms with Crippen molar-refractivity contribution in [3.8, 4) is 0 Å². The van der Waals surface area contributed by atoms with Gasteiger partial charge in [0.25, 0.3) is 0 Å². The predicted octanol–water partition coefficient (Wildman–Crippen LogP) is 2.25. The van der Waals surface area contributed by atoms with E-state index in [9.17, 15) is 4.79 Å². The van der Waals surface area contributed by atoms with Gasteiger partial charge in [0.15, 0.2) is 5.96 Å². The Bertz CT molecular complexity index is 551. The van der Waals surface area contributed by atoms with Crippen LogP contribution in [0.4, 0.5) is 0 Å². The summed E-state index contributed by atoms with van der Waals surface area (Å²) in [6, 6.07) is 0. The van der Waals surface area contributed by atoms with E-state index in [4.69, 9.17) is 0 Å². The van der Waals surface area contributed by atoms with Crippen molar-refractivity contribution in [2.45, 2.75) is 52.4 Å². The van der Waals surface area contributed by atoms with Crippen LogP contribution in [-0.2, 0) is 11.2 Å². The van der Waals surface area contributed by atoms with Crippen molar-refractivity contribution in [1.29, 1.82) is 0 Å². The van der Waals surface area contributed by atoms with Gasteiger partial charge in [0.05, 0.1) is 10.7 Å². The molecule has 1 saturated carbocycles. The topological polar surface area (TPSA) is 78.4 Å². The molecule has 0 saturated heterocycles. The number of carbonyl (C=O) groups excluding carboxylic acids is 1. The zero-order chi connectivity index (χ0) is 17.9. The maximum absolute atomic E-state index is 11.9. The number of nitrogens with zero attached hydrogens (tertiary/aromatic N) is 2. The molecule has 0 aliphatic heterocycles. The number of carbonyl (C=O) groups is 1. The van der Waals surface area contributed by atoms with Crippen LogP contribution < -0.4 is 16.0 Å². The minimum Gasteiger partial charge on any atom is -0.357 e. The minimum absolute atomic E-state index is 0.176. The molecule has 0 aromatic carbocycles. The van der Waals surface area contributed by atoms with E-state index in [1.807, 2.05) is 13.8 Å². The van der Waals surface area contributed by atoms with Crippen LogP contribution in [0.1, 0.15) is 49.7 Å². The summed E-state index contributed by atoms with van der Waals surface area (Å²) in [5.41, 5.74) is 1.10. The standard InChI is InChI=1S/C18H31N5OS/c1-3-19-18(21-9-8-16-13-25-14(2)23-16)22-11-10-20-17(24)12-15-6-4-5-7-15/h13,15H,3-12H2,1-2H3,(H,20,24)(H2,19,21,22). The molecule has 0 bridgehead atoms. The van der Waals surface area contributed by atoms with E-state index in [-0.39, 0.29) is 5.91 Å². The van der Waals surface area contributed by atoms with Gasteiger partial charge in [-0.2, -0.15) is 0 Å². The average molecular weight is 366 g/mol. The van der Waals surface area contributed by atoms with E-state index in [0.717, 1.165) is 29.6 Å². The number of thiazole rings is 1. The average Bonchev–Trinajstić information content (AvgIpc) is 3.23. The van der Waals surface area contributed by atoms with Crippen LogP contribution in [0.5, 0.6) is 0 Å². The summed E-state index contributed by atoms with van der Waals surface area (Å²) in [5.74, 6) is 1.57. The van der Waals surface area contributed by atoms with E-state index in [0.29, 0.717) is 32.0 Å². The molecule has 1 aliphatic carbocycles. The lowest BCUT2D eigenvalue weighted by Gasteiger charge is -2.13. The molecule has 1 amide bonds. The quantitative estimate of drug-likeness (QED) is 0.356. The highest BCUT2D eigenvalue weighted by Crippen LogP contribution is 2.27. The molecule has 0 unspecified atom stereocenters. The molecule has 0 atom stereocenters. The molecule has 7 heteroatoms. The highest BCUT2D eigenvalue weighted by atomic mass is 32.1. The second-order valence-corrected chi connectivity index (χ2v) is 7.56. The van der Waals surface area contributed by atoms with Gasteiger partial charge in [-0.15, -0.1) is 11.3 Å². The second-order valence-electron chi connectivity index (χ2n) is 6.50. The first-order valence-electron chi connectivity index (χ1n) is 9.37. The Kier molecular flexibility index (Phi) is 8.72. The highest BCUT2D eigenvalue weighted by molar-refractivity contribution is 7.09. The smallest absolute Gasteiger partial charge is 0.220 e. The van der Waals surface area contributed by atoms with Crippen molar-refractivity contribution in [3.05, 3.63) is 16.1 Å². The molecule has 1 heterocycles. The van der Waals surface area contributed by atoms with Crippen molar-refractivity contribution in [2.75, 3.05) is 26.2 Å². The van der Waals surface area contributed by atoms with Crippen molar-refractivity contribution in [1.82, 2.24) is 20.9 Å². The number of hydrogen-bond acceptors (Lipinski definition) is 4. The van der Waals surface area contributed by atoms with Crippen LogP contribution in [-0.4, -0.2) is 43.0 Å². The molecule has 6 nitrogen and oxygen atoms in total. The molecule has 0 spiro atoms. The number of aryl methyl sites for hydroxylation is 1. The molecule has 1 fully saturated rings. The summed E-state index contributed by atoms with van der Waals surface area (Å²) in [7, 11) is 0. The van der Waals surface area contributed by atoms with E-state index in [2.05, 4.69) is 31.3 Å². The summed E-state index contributed by atoms with van der Waals surface area (Å²) in [5, 5.41) is 12.7. The van der Waals surface area contributed by atoms with Gasteiger partial charge in [-0.05, 0) is 32.6 Å². The van der Waals surface area contributed by atoms with Gasteiger partial charge in [0.1, 0.15) is 0 Å². The van der Waals surface area contributed by atoms with E-state index in [1.165, 1.54) is 25.7 Å². The number of amides is 1. The van der Waals surface area contributed by atoms with Crippen LogP contribution in [0, 0.1) is 12.8 Å². The largest absolute Gasteiger partial charge is 0.357 e. The zero-order valence-corrected chi connectivity index (χ0v) is 16.3. The zero-order valence-electron chi connectivity index (χ0n) is 15.4. The Morgan fingerprint density at radius 2 is 2.04 bits per heavy atom. The Hall–Kier alpha value is -1.63. The van der Waals surface area contributed by atoms with Crippen molar-refractivity contribution < 1.29 is 4.79 Å². The first-order valence-corrected chi connectivity index (χ1v) is 10.2. The number of rotatable bonds is 9. The van der Waals surface area contributed by atoms with E-state index < -0.39 is 0 Å². The fourth-order valence-electron chi connectivity index (χ4n) is 3.08. The first kappa shape index (κ1) is 19.7. The third kappa shape index (κ3) is 7.86. The molecule has 1 aromatic heterocycles. The Balaban J connectivity index is 1.62. The third-order valence-corrected chi connectivity index (χ3v) is 5.16. The molecular weight excluding hydrogens is 334 g/mol. The summed E-state index contributed by atoms with van der Waals surface area (Å²) in [6.07, 6.45) is 6.51. The fourth-order valence-corrected chi connectivity index (χ4v) is 3.73. The summed E-state index contributed by atoms with van der Waals surface area (Å²) in [4.78, 5) is 20.9. The fraction of sp³-hybridized carbons (Fsp3) is 0.722. The second kappa shape index (κ2) is 11.1. The van der Waals surface area contributed by atoms with Crippen LogP contribution >= 0.6 is 11.3 Å². The molecule has 25 heavy (non-hydrogen) atoms. The van der Waals surface area contributed by atoms with Gasteiger partial charge in [0.2, 0.25) is 5.91 Å². The van der Waals surface area contributed by atoms with Gasteiger partial charge < -0.3 is 16.0 Å². The lowest BCUT2D eigenvalue weighted by atomic mass is 10.0. The number of guanidine groups is 1. The van der Waals surface area contributed by atoms with Crippen LogP contribution in [0.2, 0.25) is 0 Å². The molecule has 1 aliphatic rings. The predicted molar refractivity (Wildman–Crippen MR) is 104 cm³/mol. The first-order chi connectivity index (χ1) is 12.2. The van der Waals surface area contributed by atoms with Gasteiger partial charge in [-0.25, -0.2) is 4.98 Å². The molecular formula is C18H31N5OS. The van der Waals surface area contributed by atoms with Crippen molar-refractivity contribution in [2.24, 2.45) is 10.9 Å². The molecule has 0 radical (unpaired) electrons. The normalized spacial score (nSPS) is 15.4. The van der Waals surface area contributed by atoms with E-state index >= 15 is 0 Å². The lowest BCUT2D eigenvalue weighted by Crippen LogP contribution is -2.41. The molecule has 1 aromatic rings. The Labute approximate surface area is 154 Å². The summed E-state index contributed by atoms with van der Waals surface area (Å²) >= 11 is 1.67. The minimum atomic E-state index is 0.176. The summed E-state index contributed by atoms with van der Waals surface area (Å²) < 4.78 is 0. The van der Waals surface area contributed by atoms with Crippen LogP contribution in [0.3, 0.4) is 0 Å². The number of aliphatic imine (C=N–C) groups is 1. The Morgan fingerprint density at radius 3 is 2.72 bits per heavy atom. The Morgan fingerprint density at radius 1 is 1.28 bits per heavy atom. The van der Waals surface area contributed by atoms with Crippen molar-refractivity contribution in [3.63, 3.8) is 0 Å². The van der Waals surface area contributed by atoms with Gasteiger partial charge in [-0.1, -0.05) is 12.8 Å². The lowest BCUT2D eigenvalue weighted by molar-refractivity contribution is -0.121. The number of hydrogen-bond donors (Lipinski definition) is 3. The van der Waals surface area contributed by atoms with Crippen molar-refractivity contribution >= 4 is 23.2 Å². The van der Waals surface area contributed by atoms with Gasteiger partial charge in [-0.3, -0.25) is 9.79 Å². The maximum atomic E-state index is 11.9. The number of nitrogens with one attached hydrogen (secondary N) is 3. The van der Waals surface area contributed by atoms with E-state index in [1.54, 1.807) is 11.3 Å². The molecule has 3 N–H and O–H groups in total. The third-order valence-electron chi connectivity index (χ3n) is 4.34.